The van der Waals surface area contributed by atoms with Gasteiger partial charge in [-0.25, -0.2) is 0 Å². The van der Waals surface area contributed by atoms with Crippen molar-refractivity contribution in [3.05, 3.63) is 29.3 Å². The number of benzene rings is 1. The first-order valence-corrected chi connectivity index (χ1v) is 7.04. The lowest BCUT2D eigenvalue weighted by Crippen LogP contribution is -2.15. The third-order valence-corrected chi connectivity index (χ3v) is 4.29. The van der Waals surface area contributed by atoms with Crippen molar-refractivity contribution in [2.75, 3.05) is 12.4 Å². The molecule has 0 N–H and O–H groups in total. The highest BCUT2D eigenvalue weighted by Crippen LogP contribution is 2.47. The predicted octanol–water partition coefficient (Wildman–Crippen LogP) is 4.21. The summed E-state index contributed by atoms with van der Waals surface area (Å²) in [4.78, 5) is 0. The van der Waals surface area contributed by atoms with Crippen LogP contribution in [0.3, 0.4) is 0 Å². The minimum absolute atomic E-state index is 0.362. The molecule has 0 aromatic heterocycles. The second kappa shape index (κ2) is 4.93. The first-order valence-electron chi connectivity index (χ1n) is 6.40. The smallest absolute Gasteiger partial charge is 0.123 e. The number of hydrogen-bond acceptors (Lipinski definition) is 2. The van der Waals surface area contributed by atoms with Gasteiger partial charge in [-0.1, -0.05) is 26.0 Å². The van der Waals surface area contributed by atoms with Crippen LogP contribution in [0.4, 0.5) is 0 Å². The lowest BCUT2D eigenvalue weighted by molar-refractivity contribution is 0.247. The van der Waals surface area contributed by atoms with Crippen LogP contribution in [0.15, 0.2) is 18.2 Å². The van der Waals surface area contributed by atoms with Crippen molar-refractivity contribution < 1.29 is 4.74 Å². The molecule has 0 radical (unpaired) electrons. The van der Waals surface area contributed by atoms with Crippen LogP contribution in [0.1, 0.15) is 43.7 Å². The molecule has 0 bridgehead atoms. The standard InChI is InChI=1S/C15H22OS/c1-11(2)13-5-4-12(3)8-14(13)16-9-15(10-17)6-7-15/h4-5,8,11,17H,6-7,9-10H2,1-3H3. The molecule has 1 saturated carbocycles. The minimum Gasteiger partial charge on any atom is -0.493 e. The Morgan fingerprint density at radius 1 is 1.35 bits per heavy atom. The van der Waals surface area contributed by atoms with Crippen molar-refractivity contribution in [2.24, 2.45) is 5.41 Å². The fourth-order valence-electron chi connectivity index (χ4n) is 2.00. The molecule has 0 amide bonds. The van der Waals surface area contributed by atoms with Crippen LogP contribution in [-0.2, 0) is 0 Å². The zero-order valence-electron chi connectivity index (χ0n) is 11.0. The number of ether oxygens (including phenoxy) is 1. The lowest BCUT2D eigenvalue weighted by Gasteiger charge is -2.18. The van der Waals surface area contributed by atoms with Gasteiger partial charge in [0.2, 0.25) is 0 Å². The van der Waals surface area contributed by atoms with Gasteiger partial charge in [-0.05, 0) is 48.6 Å². The summed E-state index contributed by atoms with van der Waals surface area (Å²) in [6.45, 7) is 7.36. The number of thiol groups is 1. The molecular weight excluding hydrogens is 228 g/mol. The Kier molecular flexibility index (Phi) is 3.72. The maximum atomic E-state index is 6.05. The summed E-state index contributed by atoms with van der Waals surface area (Å²) in [5, 5.41) is 0. The van der Waals surface area contributed by atoms with Gasteiger partial charge in [0.15, 0.2) is 0 Å². The molecular formula is C15H22OS. The largest absolute Gasteiger partial charge is 0.493 e. The fraction of sp³-hybridized carbons (Fsp3) is 0.600. The lowest BCUT2D eigenvalue weighted by atomic mass is 10.0. The van der Waals surface area contributed by atoms with Gasteiger partial charge in [-0.3, -0.25) is 0 Å². The Hall–Kier alpha value is -0.630. The Bertz CT molecular complexity index is 394. The van der Waals surface area contributed by atoms with Crippen LogP contribution >= 0.6 is 12.6 Å². The molecule has 0 unspecified atom stereocenters. The number of rotatable bonds is 5. The molecule has 17 heavy (non-hydrogen) atoms. The molecule has 0 heterocycles. The Morgan fingerprint density at radius 3 is 2.59 bits per heavy atom. The molecule has 1 aliphatic rings. The highest BCUT2D eigenvalue weighted by molar-refractivity contribution is 7.80. The molecule has 1 aromatic carbocycles. The van der Waals surface area contributed by atoms with Gasteiger partial charge < -0.3 is 4.74 Å². The highest BCUT2D eigenvalue weighted by Gasteiger charge is 2.42. The van der Waals surface area contributed by atoms with E-state index in [0.717, 1.165) is 18.1 Å². The fourth-order valence-corrected chi connectivity index (χ4v) is 2.41. The monoisotopic (exact) mass is 250 g/mol. The van der Waals surface area contributed by atoms with Gasteiger partial charge >= 0.3 is 0 Å². The van der Waals surface area contributed by atoms with Gasteiger partial charge in [0.05, 0.1) is 6.61 Å². The van der Waals surface area contributed by atoms with Crippen molar-refractivity contribution in [3.8, 4) is 5.75 Å². The molecule has 1 aliphatic carbocycles. The summed E-state index contributed by atoms with van der Waals surface area (Å²) >= 11 is 4.42. The third-order valence-electron chi connectivity index (χ3n) is 3.62. The average Bonchev–Trinajstić information content (AvgIpc) is 3.07. The topological polar surface area (TPSA) is 9.23 Å². The SMILES string of the molecule is Cc1ccc(C(C)C)c(OCC2(CS)CC2)c1. The van der Waals surface area contributed by atoms with E-state index in [1.54, 1.807) is 0 Å². The Labute approximate surface area is 110 Å². The van der Waals surface area contributed by atoms with E-state index >= 15 is 0 Å². The quantitative estimate of drug-likeness (QED) is 0.770. The van der Waals surface area contributed by atoms with Crippen LogP contribution in [0.25, 0.3) is 0 Å². The van der Waals surface area contributed by atoms with Crippen molar-refractivity contribution in [1.29, 1.82) is 0 Å². The summed E-state index contributed by atoms with van der Waals surface area (Å²) < 4.78 is 6.05. The van der Waals surface area contributed by atoms with Crippen LogP contribution in [0.2, 0.25) is 0 Å². The van der Waals surface area contributed by atoms with E-state index in [1.807, 2.05) is 0 Å². The van der Waals surface area contributed by atoms with Gasteiger partial charge in [0.25, 0.3) is 0 Å². The van der Waals surface area contributed by atoms with Crippen molar-refractivity contribution in [3.63, 3.8) is 0 Å². The molecule has 1 aromatic rings. The van der Waals surface area contributed by atoms with Crippen molar-refractivity contribution in [2.45, 2.75) is 39.5 Å². The maximum Gasteiger partial charge on any atom is 0.123 e. The molecule has 0 aliphatic heterocycles. The van der Waals surface area contributed by atoms with E-state index in [9.17, 15) is 0 Å². The van der Waals surface area contributed by atoms with Crippen LogP contribution in [0, 0.1) is 12.3 Å². The van der Waals surface area contributed by atoms with Gasteiger partial charge in [-0.2, -0.15) is 12.6 Å². The molecule has 1 fully saturated rings. The van der Waals surface area contributed by atoms with E-state index in [0.29, 0.717) is 11.3 Å². The molecule has 0 saturated heterocycles. The van der Waals surface area contributed by atoms with Crippen molar-refractivity contribution in [1.82, 2.24) is 0 Å². The molecule has 0 atom stereocenters. The van der Waals surface area contributed by atoms with E-state index in [4.69, 9.17) is 4.74 Å². The molecule has 2 heteroatoms. The summed E-state index contributed by atoms with van der Waals surface area (Å²) in [6, 6.07) is 6.51. The summed E-state index contributed by atoms with van der Waals surface area (Å²) in [7, 11) is 0. The first-order chi connectivity index (χ1) is 8.06. The van der Waals surface area contributed by atoms with Crippen molar-refractivity contribution >= 4 is 12.6 Å². The first kappa shape index (κ1) is 12.8. The average molecular weight is 250 g/mol. The van der Waals surface area contributed by atoms with E-state index < -0.39 is 0 Å². The zero-order chi connectivity index (χ0) is 12.5. The van der Waals surface area contributed by atoms with Crippen LogP contribution in [0.5, 0.6) is 5.75 Å². The third kappa shape index (κ3) is 2.98. The van der Waals surface area contributed by atoms with Gasteiger partial charge in [0.1, 0.15) is 5.75 Å². The van der Waals surface area contributed by atoms with Gasteiger partial charge in [0, 0.05) is 5.41 Å². The molecule has 1 nitrogen and oxygen atoms in total. The second-order valence-corrected chi connectivity index (χ2v) is 5.96. The van der Waals surface area contributed by atoms with E-state index in [2.05, 4.69) is 51.6 Å². The normalized spacial score (nSPS) is 17.2. The van der Waals surface area contributed by atoms with Crippen LogP contribution in [-0.4, -0.2) is 12.4 Å². The summed E-state index contributed by atoms with van der Waals surface area (Å²) in [5.74, 6) is 2.51. The molecule has 2 rings (SSSR count). The van der Waals surface area contributed by atoms with Crippen LogP contribution < -0.4 is 4.74 Å². The predicted molar refractivity (Wildman–Crippen MR) is 76.3 cm³/mol. The zero-order valence-corrected chi connectivity index (χ0v) is 11.9. The second-order valence-electron chi connectivity index (χ2n) is 5.64. The highest BCUT2D eigenvalue weighted by atomic mass is 32.1. The number of hydrogen-bond donors (Lipinski definition) is 1. The minimum atomic E-state index is 0.362. The van der Waals surface area contributed by atoms with E-state index in [1.165, 1.54) is 24.0 Å². The molecule has 94 valence electrons. The Balaban J connectivity index is 2.11. The Morgan fingerprint density at radius 2 is 2.06 bits per heavy atom. The molecule has 0 spiro atoms. The summed E-state index contributed by atoms with van der Waals surface area (Å²) in [6.07, 6.45) is 2.53. The summed E-state index contributed by atoms with van der Waals surface area (Å²) in [5.41, 5.74) is 2.94. The number of aryl methyl sites for hydroxylation is 1. The van der Waals surface area contributed by atoms with E-state index in [-0.39, 0.29) is 0 Å². The van der Waals surface area contributed by atoms with Gasteiger partial charge in [-0.15, -0.1) is 0 Å². The maximum absolute atomic E-state index is 6.05.